The van der Waals surface area contributed by atoms with Crippen molar-refractivity contribution >= 4 is 0 Å². The number of ether oxygens (including phenoxy) is 1. The van der Waals surface area contributed by atoms with Crippen molar-refractivity contribution in [2.75, 3.05) is 6.61 Å². The molecule has 2 N–H and O–H groups in total. The maximum atomic E-state index is 12.7. The van der Waals surface area contributed by atoms with Crippen LogP contribution in [0.1, 0.15) is 48.7 Å². The van der Waals surface area contributed by atoms with E-state index in [2.05, 4.69) is 19.8 Å². The second-order valence-electron chi connectivity index (χ2n) is 7.71. The number of aryl methyl sites for hydroxylation is 3. The fraction of sp³-hybridized carbons (Fsp3) is 0.450. The molecular formula is C20H23F3N4O3. The molecular weight excluding hydrogens is 401 g/mol. The van der Waals surface area contributed by atoms with Crippen molar-refractivity contribution in [2.24, 2.45) is 5.73 Å². The van der Waals surface area contributed by atoms with Gasteiger partial charge in [-0.15, -0.1) is 0 Å². The molecule has 0 radical (unpaired) electrons. The quantitative estimate of drug-likeness (QED) is 0.555. The Labute approximate surface area is 171 Å². The van der Waals surface area contributed by atoms with Crippen molar-refractivity contribution in [3.05, 3.63) is 46.7 Å². The van der Waals surface area contributed by atoms with Gasteiger partial charge >= 0.3 is 12.1 Å². The lowest BCUT2D eigenvalue weighted by molar-refractivity contribution is -0.159. The van der Waals surface area contributed by atoms with Gasteiger partial charge in [0.1, 0.15) is 17.2 Å². The first-order valence-electron chi connectivity index (χ1n) is 9.35. The minimum Gasteiger partial charge on any atom is -0.493 e. The summed E-state index contributed by atoms with van der Waals surface area (Å²) >= 11 is 0. The molecule has 0 aliphatic rings. The van der Waals surface area contributed by atoms with E-state index in [1.165, 1.54) is 0 Å². The van der Waals surface area contributed by atoms with Crippen LogP contribution in [-0.4, -0.2) is 21.9 Å². The van der Waals surface area contributed by atoms with E-state index >= 15 is 0 Å². The van der Waals surface area contributed by atoms with Gasteiger partial charge in [0.15, 0.2) is 0 Å². The monoisotopic (exact) mass is 424 g/mol. The Morgan fingerprint density at radius 3 is 2.23 bits per heavy atom. The zero-order valence-corrected chi connectivity index (χ0v) is 17.1. The number of halogens is 3. The lowest BCUT2D eigenvalue weighted by atomic mass is 10.0. The Morgan fingerprint density at radius 2 is 1.70 bits per heavy atom. The van der Waals surface area contributed by atoms with Crippen LogP contribution in [0.15, 0.2) is 27.2 Å². The van der Waals surface area contributed by atoms with Gasteiger partial charge in [-0.2, -0.15) is 18.2 Å². The lowest BCUT2D eigenvalue weighted by Gasteiger charge is -2.13. The van der Waals surface area contributed by atoms with Crippen LogP contribution in [0.5, 0.6) is 5.75 Å². The molecule has 0 saturated heterocycles. The summed E-state index contributed by atoms with van der Waals surface area (Å²) < 4.78 is 53.5. The first-order valence-corrected chi connectivity index (χ1v) is 9.35. The van der Waals surface area contributed by atoms with E-state index in [1.807, 2.05) is 33.8 Å². The number of rotatable bonds is 7. The average molecular weight is 424 g/mol. The number of nitrogens with zero attached hydrogens (tertiary/aromatic N) is 3. The van der Waals surface area contributed by atoms with Crippen molar-refractivity contribution in [3.63, 3.8) is 0 Å². The van der Waals surface area contributed by atoms with Crippen LogP contribution in [-0.2, 0) is 18.1 Å². The molecule has 0 amide bonds. The standard InChI is InChI=1S/C20H23F3N4O3/c1-11-8-13(17-25-18(30-27-17)20(21,22)23)9-12(2)16(11)28-7-5-6-14-10-15(26-29-14)19(3,4)24/h8-10H,5-7,24H2,1-4H3. The summed E-state index contributed by atoms with van der Waals surface area (Å²) in [5.41, 5.74) is 8.07. The first-order chi connectivity index (χ1) is 13.9. The van der Waals surface area contributed by atoms with E-state index in [9.17, 15) is 13.2 Å². The molecule has 10 heteroatoms. The third-order valence-corrected chi connectivity index (χ3v) is 4.42. The Balaban J connectivity index is 1.62. The van der Waals surface area contributed by atoms with Gasteiger partial charge in [-0.3, -0.25) is 0 Å². The molecule has 2 heterocycles. The minimum atomic E-state index is -4.68. The number of alkyl halides is 3. The minimum absolute atomic E-state index is 0.121. The average Bonchev–Trinajstić information content (AvgIpc) is 3.29. The number of nitrogens with two attached hydrogens (primary N) is 1. The zero-order valence-electron chi connectivity index (χ0n) is 17.1. The molecule has 0 aliphatic heterocycles. The van der Waals surface area contributed by atoms with Crippen LogP contribution in [0, 0.1) is 13.8 Å². The molecule has 2 aromatic heterocycles. The molecule has 7 nitrogen and oxygen atoms in total. The van der Waals surface area contributed by atoms with Crippen molar-refractivity contribution in [3.8, 4) is 17.1 Å². The van der Waals surface area contributed by atoms with Gasteiger partial charge in [0.25, 0.3) is 0 Å². The predicted octanol–water partition coefficient (Wildman–Crippen LogP) is 4.57. The van der Waals surface area contributed by atoms with Gasteiger partial charge in [-0.25, -0.2) is 0 Å². The molecule has 162 valence electrons. The lowest BCUT2D eigenvalue weighted by Crippen LogP contribution is -2.28. The summed E-state index contributed by atoms with van der Waals surface area (Å²) in [7, 11) is 0. The van der Waals surface area contributed by atoms with Gasteiger partial charge in [-0.05, 0) is 57.4 Å². The van der Waals surface area contributed by atoms with Crippen LogP contribution in [0.3, 0.4) is 0 Å². The number of benzene rings is 1. The van der Waals surface area contributed by atoms with Crippen molar-refractivity contribution < 1.29 is 27.0 Å². The van der Waals surface area contributed by atoms with Crippen LogP contribution in [0.25, 0.3) is 11.4 Å². The van der Waals surface area contributed by atoms with E-state index in [0.717, 1.165) is 16.9 Å². The number of hydrogen-bond acceptors (Lipinski definition) is 7. The Hall–Kier alpha value is -2.88. The smallest absolute Gasteiger partial charge is 0.471 e. The van der Waals surface area contributed by atoms with Crippen LogP contribution < -0.4 is 10.5 Å². The molecule has 0 aliphatic carbocycles. The Bertz CT molecular complexity index is 996. The molecule has 3 rings (SSSR count). The van der Waals surface area contributed by atoms with Gasteiger partial charge in [0.05, 0.1) is 12.1 Å². The highest BCUT2D eigenvalue weighted by Crippen LogP contribution is 2.32. The van der Waals surface area contributed by atoms with Gasteiger partial charge in [0.2, 0.25) is 5.82 Å². The molecule has 0 bridgehead atoms. The third-order valence-electron chi connectivity index (χ3n) is 4.42. The topological polar surface area (TPSA) is 100 Å². The summed E-state index contributed by atoms with van der Waals surface area (Å²) in [6.45, 7) is 7.76. The molecule has 0 spiro atoms. The van der Waals surface area contributed by atoms with Gasteiger partial charge in [-0.1, -0.05) is 10.3 Å². The van der Waals surface area contributed by atoms with Crippen molar-refractivity contribution in [1.29, 1.82) is 0 Å². The van der Waals surface area contributed by atoms with E-state index in [1.54, 1.807) is 12.1 Å². The Kier molecular flexibility index (Phi) is 5.89. The van der Waals surface area contributed by atoms with E-state index in [0.29, 0.717) is 36.5 Å². The molecule has 3 aromatic rings. The zero-order chi connectivity index (χ0) is 22.1. The highest BCUT2D eigenvalue weighted by atomic mass is 19.4. The maximum absolute atomic E-state index is 12.7. The van der Waals surface area contributed by atoms with Gasteiger partial charge < -0.3 is 19.5 Å². The summed E-state index contributed by atoms with van der Waals surface area (Å²) in [5.74, 6) is -0.0983. The summed E-state index contributed by atoms with van der Waals surface area (Å²) in [4.78, 5) is 3.42. The second-order valence-corrected chi connectivity index (χ2v) is 7.71. The van der Waals surface area contributed by atoms with Crippen LogP contribution in [0.4, 0.5) is 13.2 Å². The van der Waals surface area contributed by atoms with E-state index in [-0.39, 0.29) is 5.82 Å². The van der Waals surface area contributed by atoms with Crippen molar-refractivity contribution in [1.82, 2.24) is 15.3 Å². The maximum Gasteiger partial charge on any atom is 0.471 e. The highest BCUT2D eigenvalue weighted by molar-refractivity contribution is 5.61. The third kappa shape index (κ3) is 4.99. The van der Waals surface area contributed by atoms with E-state index in [4.69, 9.17) is 15.0 Å². The van der Waals surface area contributed by atoms with Gasteiger partial charge in [0, 0.05) is 18.1 Å². The Morgan fingerprint density at radius 1 is 1.03 bits per heavy atom. The summed E-state index contributed by atoms with van der Waals surface area (Å²) in [6, 6.07) is 5.17. The van der Waals surface area contributed by atoms with E-state index < -0.39 is 17.6 Å². The number of aromatic nitrogens is 3. The van der Waals surface area contributed by atoms with Crippen LogP contribution >= 0.6 is 0 Å². The molecule has 0 atom stereocenters. The fourth-order valence-electron chi connectivity index (χ4n) is 2.92. The summed E-state index contributed by atoms with van der Waals surface area (Å²) in [5, 5.41) is 7.40. The number of hydrogen-bond donors (Lipinski definition) is 1. The molecule has 1 aromatic carbocycles. The predicted molar refractivity (Wildman–Crippen MR) is 102 cm³/mol. The molecule has 30 heavy (non-hydrogen) atoms. The van der Waals surface area contributed by atoms with Crippen LogP contribution in [0.2, 0.25) is 0 Å². The largest absolute Gasteiger partial charge is 0.493 e. The molecule has 0 unspecified atom stereocenters. The molecule has 0 fully saturated rings. The molecule has 0 saturated carbocycles. The second kappa shape index (κ2) is 8.10. The fourth-order valence-corrected chi connectivity index (χ4v) is 2.92. The normalized spacial score (nSPS) is 12.4. The summed E-state index contributed by atoms with van der Waals surface area (Å²) in [6.07, 6.45) is -3.34. The van der Waals surface area contributed by atoms with Crippen molar-refractivity contribution in [2.45, 2.75) is 52.3 Å². The highest BCUT2D eigenvalue weighted by Gasteiger charge is 2.38. The first kappa shape index (κ1) is 21.8. The SMILES string of the molecule is Cc1cc(-c2noc(C(F)(F)F)n2)cc(C)c1OCCCc1cc(C(C)(C)N)no1.